The molecule has 1 saturated carbocycles. The van der Waals surface area contributed by atoms with Gasteiger partial charge in [-0.2, -0.15) is 0 Å². The molecule has 2 rings (SSSR count). The lowest BCUT2D eigenvalue weighted by Gasteiger charge is -2.25. The Balaban J connectivity index is 1.95. The molecule has 0 aromatic rings. The number of rotatable bonds is 3. The fourth-order valence-electron chi connectivity index (χ4n) is 3.06. The van der Waals surface area contributed by atoms with Crippen LogP contribution in [0.2, 0.25) is 0 Å². The maximum absolute atomic E-state index is 12.2. The first kappa shape index (κ1) is 11.9. The molecule has 92 valence electrons. The molecule has 3 heteroatoms. The summed E-state index contributed by atoms with van der Waals surface area (Å²) in [6, 6.07) is 0.575. The summed E-state index contributed by atoms with van der Waals surface area (Å²) >= 11 is 0. The standard InChI is InChI=1S/C13H24N2O/c1-4-5-11-12(16)15(9-14-11)10-6-7-13(2,3)8-10/h10-11,14H,4-9H2,1-3H3. The Bertz CT molecular complexity index is 275. The predicted molar refractivity (Wildman–Crippen MR) is 65.0 cm³/mol. The molecule has 1 aliphatic heterocycles. The molecule has 2 unspecified atom stereocenters. The maximum Gasteiger partial charge on any atom is 0.241 e. The lowest BCUT2D eigenvalue weighted by atomic mass is 9.91. The highest BCUT2D eigenvalue weighted by Gasteiger charge is 2.40. The van der Waals surface area contributed by atoms with Crippen molar-refractivity contribution in [3.63, 3.8) is 0 Å². The van der Waals surface area contributed by atoms with Gasteiger partial charge in [0, 0.05) is 6.04 Å². The topological polar surface area (TPSA) is 32.3 Å². The monoisotopic (exact) mass is 224 g/mol. The zero-order valence-corrected chi connectivity index (χ0v) is 10.8. The van der Waals surface area contributed by atoms with E-state index in [2.05, 4.69) is 31.0 Å². The van der Waals surface area contributed by atoms with E-state index in [-0.39, 0.29) is 6.04 Å². The molecule has 0 aromatic carbocycles. The fourth-order valence-corrected chi connectivity index (χ4v) is 3.06. The van der Waals surface area contributed by atoms with E-state index in [1.807, 2.05) is 0 Å². The average Bonchev–Trinajstić information content (AvgIpc) is 2.72. The van der Waals surface area contributed by atoms with Crippen LogP contribution in [0.15, 0.2) is 0 Å². The first-order valence-electron chi connectivity index (χ1n) is 6.57. The van der Waals surface area contributed by atoms with E-state index >= 15 is 0 Å². The second kappa shape index (κ2) is 4.36. The Morgan fingerprint density at radius 3 is 2.81 bits per heavy atom. The zero-order valence-electron chi connectivity index (χ0n) is 10.8. The minimum absolute atomic E-state index is 0.0914. The van der Waals surface area contributed by atoms with Crippen LogP contribution in [-0.4, -0.2) is 29.6 Å². The summed E-state index contributed by atoms with van der Waals surface area (Å²) < 4.78 is 0. The molecule has 0 bridgehead atoms. The number of hydrogen-bond donors (Lipinski definition) is 1. The lowest BCUT2D eigenvalue weighted by Crippen LogP contribution is -2.37. The van der Waals surface area contributed by atoms with Crippen molar-refractivity contribution < 1.29 is 4.79 Å². The molecule has 1 saturated heterocycles. The first-order chi connectivity index (χ1) is 7.53. The summed E-state index contributed by atoms with van der Waals surface area (Å²) in [7, 11) is 0. The molecule has 2 aliphatic rings. The van der Waals surface area contributed by atoms with Crippen molar-refractivity contribution in [1.29, 1.82) is 0 Å². The zero-order chi connectivity index (χ0) is 11.8. The molecule has 1 N–H and O–H groups in total. The average molecular weight is 224 g/mol. The van der Waals surface area contributed by atoms with Crippen LogP contribution in [0.4, 0.5) is 0 Å². The van der Waals surface area contributed by atoms with Gasteiger partial charge in [0.2, 0.25) is 5.91 Å². The van der Waals surface area contributed by atoms with Crippen LogP contribution in [0.3, 0.4) is 0 Å². The van der Waals surface area contributed by atoms with Gasteiger partial charge < -0.3 is 4.90 Å². The molecular formula is C13H24N2O. The molecule has 0 radical (unpaired) electrons. The second-order valence-electron chi connectivity index (χ2n) is 6.07. The lowest BCUT2D eigenvalue weighted by molar-refractivity contribution is -0.131. The van der Waals surface area contributed by atoms with Gasteiger partial charge in [0.15, 0.2) is 0 Å². The molecule has 0 spiro atoms. The predicted octanol–water partition coefficient (Wildman–Crippen LogP) is 2.12. The van der Waals surface area contributed by atoms with Crippen molar-refractivity contribution in [3.05, 3.63) is 0 Å². The van der Waals surface area contributed by atoms with Crippen molar-refractivity contribution in [2.75, 3.05) is 6.67 Å². The minimum Gasteiger partial charge on any atom is -0.326 e. The maximum atomic E-state index is 12.2. The van der Waals surface area contributed by atoms with Gasteiger partial charge in [-0.05, 0) is 31.1 Å². The van der Waals surface area contributed by atoms with Crippen LogP contribution >= 0.6 is 0 Å². The van der Waals surface area contributed by atoms with Crippen LogP contribution in [-0.2, 0) is 4.79 Å². The Labute approximate surface area is 98.6 Å². The van der Waals surface area contributed by atoms with Crippen molar-refractivity contribution in [3.8, 4) is 0 Å². The van der Waals surface area contributed by atoms with E-state index in [9.17, 15) is 4.79 Å². The van der Waals surface area contributed by atoms with Crippen LogP contribution in [0.1, 0.15) is 52.9 Å². The summed E-state index contributed by atoms with van der Waals surface area (Å²) in [5.41, 5.74) is 0.424. The summed E-state index contributed by atoms with van der Waals surface area (Å²) in [5.74, 6) is 0.338. The van der Waals surface area contributed by atoms with Crippen molar-refractivity contribution in [2.45, 2.75) is 65.0 Å². The van der Waals surface area contributed by atoms with Crippen LogP contribution in [0.5, 0.6) is 0 Å². The second-order valence-corrected chi connectivity index (χ2v) is 6.07. The van der Waals surface area contributed by atoms with Crippen molar-refractivity contribution in [2.24, 2.45) is 5.41 Å². The molecule has 1 aliphatic carbocycles. The summed E-state index contributed by atoms with van der Waals surface area (Å²) in [6.07, 6.45) is 5.65. The van der Waals surface area contributed by atoms with E-state index in [1.165, 1.54) is 19.3 Å². The van der Waals surface area contributed by atoms with E-state index in [1.54, 1.807) is 0 Å². The highest BCUT2D eigenvalue weighted by molar-refractivity contribution is 5.84. The number of nitrogens with zero attached hydrogens (tertiary/aromatic N) is 1. The number of hydrogen-bond acceptors (Lipinski definition) is 2. The van der Waals surface area contributed by atoms with E-state index in [0.29, 0.717) is 17.4 Å². The third-order valence-corrected chi connectivity index (χ3v) is 4.05. The highest BCUT2D eigenvalue weighted by Crippen LogP contribution is 2.39. The highest BCUT2D eigenvalue weighted by atomic mass is 16.2. The molecule has 1 heterocycles. The van der Waals surface area contributed by atoms with E-state index in [4.69, 9.17) is 0 Å². The summed E-state index contributed by atoms with van der Waals surface area (Å²) in [6.45, 7) is 7.52. The molecule has 2 fully saturated rings. The molecular weight excluding hydrogens is 200 g/mol. The van der Waals surface area contributed by atoms with Gasteiger partial charge >= 0.3 is 0 Å². The fraction of sp³-hybridized carbons (Fsp3) is 0.923. The third-order valence-electron chi connectivity index (χ3n) is 4.05. The van der Waals surface area contributed by atoms with Crippen molar-refractivity contribution in [1.82, 2.24) is 10.2 Å². The molecule has 2 atom stereocenters. The van der Waals surface area contributed by atoms with Gasteiger partial charge in [-0.25, -0.2) is 0 Å². The van der Waals surface area contributed by atoms with Gasteiger partial charge in [-0.15, -0.1) is 0 Å². The SMILES string of the molecule is CCCC1NCN(C2CCC(C)(C)C2)C1=O. The molecule has 16 heavy (non-hydrogen) atoms. The normalized spacial score (nSPS) is 33.7. The number of amides is 1. The Morgan fingerprint density at radius 1 is 1.50 bits per heavy atom. The molecule has 1 amide bonds. The molecule has 3 nitrogen and oxygen atoms in total. The quantitative estimate of drug-likeness (QED) is 0.796. The largest absolute Gasteiger partial charge is 0.326 e. The summed E-state index contributed by atoms with van der Waals surface area (Å²) in [4.78, 5) is 14.2. The number of carbonyl (C=O) groups excluding carboxylic acids is 1. The Kier molecular flexibility index (Phi) is 3.24. The molecule has 0 aromatic heterocycles. The first-order valence-corrected chi connectivity index (χ1v) is 6.57. The van der Waals surface area contributed by atoms with E-state index < -0.39 is 0 Å². The number of carbonyl (C=O) groups is 1. The third kappa shape index (κ3) is 2.24. The Hall–Kier alpha value is -0.570. The van der Waals surface area contributed by atoms with Crippen LogP contribution in [0.25, 0.3) is 0 Å². The van der Waals surface area contributed by atoms with E-state index in [0.717, 1.165) is 19.5 Å². The Morgan fingerprint density at radius 2 is 2.25 bits per heavy atom. The number of nitrogens with one attached hydrogen (secondary N) is 1. The van der Waals surface area contributed by atoms with Gasteiger partial charge in [0.25, 0.3) is 0 Å². The van der Waals surface area contributed by atoms with Gasteiger partial charge in [-0.1, -0.05) is 27.2 Å². The van der Waals surface area contributed by atoms with Crippen LogP contribution in [0, 0.1) is 5.41 Å². The van der Waals surface area contributed by atoms with Gasteiger partial charge in [0.05, 0.1) is 12.7 Å². The smallest absolute Gasteiger partial charge is 0.241 e. The minimum atomic E-state index is 0.0914. The van der Waals surface area contributed by atoms with Gasteiger partial charge in [-0.3, -0.25) is 10.1 Å². The summed E-state index contributed by atoms with van der Waals surface area (Å²) in [5, 5.41) is 3.34. The van der Waals surface area contributed by atoms with Gasteiger partial charge in [0.1, 0.15) is 0 Å². The van der Waals surface area contributed by atoms with Crippen molar-refractivity contribution >= 4 is 5.91 Å². The van der Waals surface area contributed by atoms with Crippen LogP contribution < -0.4 is 5.32 Å².